The number of aromatic nitrogens is 1. The number of esters is 1. The molecule has 0 atom stereocenters. The number of halogens is 1. The Morgan fingerprint density at radius 2 is 1.90 bits per heavy atom. The molecule has 0 unspecified atom stereocenters. The lowest BCUT2D eigenvalue weighted by Crippen LogP contribution is -2.46. The minimum Gasteiger partial charge on any atom is -0.466 e. The van der Waals surface area contributed by atoms with Crippen molar-refractivity contribution >= 4 is 34.0 Å². The monoisotopic (exact) mass is 445 g/mol. The van der Waals surface area contributed by atoms with Gasteiger partial charge in [-0.25, -0.2) is 4.98 Å². The van der Waals surface area contributed by atoms with E-state index in [2.05, 4.69) is 33.8 Å². The Labute approximate surface area is 187 Å². The Bertz CT molecular complexity index is 909. The van der Waals surface area contributed by atoms with Crippen molar-refractivity contribution in [2.45, 2.75) is 26.8 Å². The fraction of sp³-hybridized carbons (Fsp3) is 0.391. The van der Waals surface area contributed by atoms with Crippen LogP contribution < -0.4 is 4.90 Å². The maximum absolute atomic E-state index is 11.7. The van der Waals surface area contributed by atoms with Gasteiger partial charge in [-0.15, -0.1) is 11.3 Å². The molecule has 0 amide bonds. The summed E-state index contributed by atoms with van der Waals surface area (Å²) in [7, 11) is 0. The van der Waals surface area contributed by atoms with Crippen molar-refractivity contribution in [3.05, 3.63) is 69.7 Å². The number of piperazine rings is 1. The average Bonchev–Trinajstić information content (AvgIpc) is 2.79. The van der Waals surface area contributed by atoms with E-state index in [1.54, 1.807) is 17.5 Å². The highest BCUT2D eigenvalue weighted by atomic mass is 35.5. The second kappa shape index (κ2) is 11.3. The summed E-state index contributed by atoms with van der Waals surface area (Å²) in [6.45, 7) is 8.97. The van der Waals surface area contributed by atoms with Crippen molar-refractivity contribution in [1.82, 2.24) is 9.88 Å². The summed E-state index contributed by atoms with van der Waals surface area (Å²) in [6, 6.07) is 13.9. The van der Waals surface area contributed by atoms with Crippen LogP contribution in [0.2, 0.25) is 5.02 Å². The predicted octanol–water partition coefficient (Wildman–Crippen LogP) is 4.66. The van der Waals surface area contributed by atoms with Crippen LogP contribution in [0.25, 0.3) is 0 Å². The van der Waals surface area contributed by atoms with Gasteiger partial charge in [-0.1, -0.05) is 35.9 Å². The van der Waals surface area contributed by atoms with Gasteiger partial charge >= 0.3 is 5.97 Å². The van der Waals surface area contributed by atoms with E-state index in [0.29, 0.717) is 18.1 Å². The van der Waals surface area contributed by atoms with E-state index < -0.39 is 0 Å². The molecule has 30 heavy (non-hydrogen) atoms. The fourth-order valence-electron chi connectivity index (χ4n) is 3.40. The van der Waals surface area contributed by atoms with E-state index in [1.807, 2.05) is 37.3 Å². The Kier molecular flexibility index (Phi) is 8.49. The van der Waals surface area contributed by atoms with Crippen LogP contribution in [0.4, 0.5) is 5.13 Å². The molecule has 1 aliphatic rings. The smallest absolute Gasteiger partial charge is 0.310 e. The minimum absolute atomic E-state index is 0.175. The molecule has 5 nitrogen and oxygen atoms in total. The number of hydrogen-bond donors (Lipinski definition) is 0. The second-order valence-electron chi connectivity index (χ2n) is 7.23. The van der Waals surface area contributed by atoms with Crippen LogP contribution in [0, 0.1) is 6.92 Å². The number of hydrogen-bond acceptors (Lipinski definition) is 6. The topological polar surface area (TPSA) is 45.7 Å². The SMILES string of the molecule is CCOC(=O)Cc1cccc(CN2CCN(c3ncccc(Cl)cc(C)s3)CC2)c1. The fourth-order valence-corrected chi connectivity index (χ4v) is 4.60. The summed E-state index contributed by atoms with van der Waals surface area (Å²) in [5, 5.41) is 1.72. The van der Waals surface area contributed by atoms with Gasteiger partial charge in [-0.05, 0) is 43.2 Å². The zero-order valence-corrected chi connectivity index (χ0v) is 19.1. The van der Waals surface area contributed by atoms with Crippen LogP contribution in [0.5, 0.6) is 0 Å². The molecule has 160 valence electrons. The lowest BCUT2D eigenvalue weighted by molar-refractivity contribution is -0.142. The van der Waals surface area contributed by atoms with Crippen molar-refractivity contribution in [3.63, 3.8) is 0 Å². The van der Waals surface area contributed by atoms with Gasteiger partial charge in [0.2, 0.25) is 0 Å². The summed E-state index contributed by atoms with van der Waals surface area (Å²) in [5.41, 5.74) is 2.23. The molecule has 1 aliphatic heterocycles. The second-order valence-corrected chi connectivity index (χ2v) is 8.88. The molecule has 0 bridgehead atoms. The molecule has 7 heteroatoms. The van der Waals surface area contributed by atoms with Gasteiger partial charge in [0.1, 0.15) is 0 Å². The normalized spacial score (nSPS) is 14.3. The van der Waals surface area contributed by atoms with E-state index >= 15 is 0 Å². The van der Waals surface area contributed by atoms with Gasteiger partial charge < -0.3 is 9.64 Å². The molecule has 0 saturated carbocycles. The van der Waals surface area contributed by atoms with Crippen LogP contribution in [0.15, 0.2) is 48.7 Å². The number of benzene rings is 1. The van der Waals surface area contributed by atoms with E-state index in [9.17, 15) is 4.79 Å². The van der Waals surface area contributed by atoms with Gasteiger partial charge in [-0.2, -0.15) is 0 Å². The molecule has 1 saturated heterocycles. The van der Waals surface area contributed by atoms with Crippen LogP contribution in [0.1, 0.15) is 22.9 Å². The Balaban J connectivity index is 1.60. The lowest BCUT2D eigenvalue weighted by Gasteiger charge is -2.35. The Morgan fingerprint density at radius 1 is 1.13 bits per heavy atom. The summed E-state index contributed by atoms with van der Waals surface area (Å²) in [4.78, 5) is 22.3. The highest BCUT2D eigenvalue weighted by Gasteiger charge is 2.18. The largest absolute Gasteiger partial charge is 0.466 e. The molecule has 2 aromatic rings. The molecule has 0 radical (unpaired) electrons. The zero-order valence-electron chi connectivity index (χ0n) is 17.5. The molecular weight excluding hydrogens is 418 g/mol. The third kappa shape index (κ3) is 6.97. The molecule has 2 heterocycles. The minimum atomic E-state index is -0.175. The van der Waals surface area contributed by atoms with Gasteiger partial charge in [-0.3, -0.25) is 9.69 Å². The number of aryl methyl sites for hydroxylation is 1. The van der Waals surface area contributed by atoms with Crippen molar-refractivity contribution in [2.75, 3.05) is 37.7 Å². The van der Waals surface area contributed by atoms with Crippen LogP contribution >= 0.6 is 22.9 Å². The molecule has 0 spiro atoms. The van der Waals surface area contributed by atoms with Gasteiger partial charge in [0.25, 0.3) is 0 Å². The van der Waals surface area contributed by atoms with Gasteiger partial charge in [0.05, 0.1) is 13.0 Å². The molecular formula is C23H28ClN3O2S. The summed E-state index contributed by atoms with van der Waals surface area (Å²) >= 11 is 7.83. The number of rotatable bonds is 6. The van der Waals surface area contributed by atoms with Crippen LogP contribution in [0.3, 0.4) is 0 Å². The number of nitrogens with zero attached hydrogens (tertiary/aromatic N) is 3. The quantitative estimate of drug-likeness (QED) is 0.605. The lowest BCUT2D eigenvalue weighted by atomic mass is 10.1. The van der Waals surface area contributed by atoms with Crippen molar-refractivity contribution < 1.29 is 9.53 Å². The first kappa shape index (κ1) is 22.5. The van der Waals surface area contributed by atoms with Crippen molar-refractivity contribution in [1.29, 1.82) is 0 Å². The third-order valence-electron chi connectivity index (χ3n) is 4.81. The van der Waals surface area contributed by atoms with Gasteiger partial charge in [0, 0.05) is 48.8 Å². The predicted molar refractivity (Wildman–Crippen MR) is 124 cm³/mol. The van der Waals surface area contributed by atoms with E-state index in [4.69, 9.17) is 16.3 Å². The number of ether oxygens (including phenoxy) is 1. The standard InChI is InChI=1S/C23H28ClN3O2S/c1-3-29-22(28)16-19-6-4-7-20(15-19)17-26-10-12-27(13-11-26)23-25-9-5-8-21(24)14-18(2)30-23/h4-9,14-15H,3,10-13,16-17H2,1-2H3. The molecule has 0 aliphatic carbocycles. The van der Waals surface area contributed by atoms with E-state index in [0.717, 1.165) is 48.3 Å². The van der Waals surface area contributed by atoms with Gasteiger partial charge in [0.15, 0.2) is 5.13 Å². The van der Waals surface area contributed by atoms with Crippen molar-refractivity contribution in [2.24, 2.45) is 0 Å². The first-order valence-corrected chi connectivity index (χ1v) is 11.4. The first-order valence-electron chi connectivity index (χ1n) is 10.2. The average molecular weight is 446 g/mol. The van der Waals surface area contributed by atoms with Crippen molar-refractivity contribution in [3.8, 4) is 0 Å². The number of carbonyl (C=O) groups is 1. The van der Waals surface area contributed by atoms with Crippen LogP contribution in [-0.4, -0.2) is 48.6 Å². The molecule has 0 N–H and O–H groups in total. The molecule has 1 aromatic heterocycles. The molecule has 1 aromatic carbocycles. The third-order valence-corrected chi connectivity index (χ3v) is 6.04. The van der Waals surface area contributed by atoms with E-state index in [1.165, 1.54) is 5.56 Å². The highest BCUT2D eigenvalue weighted by Crippen LogP contribution is 2.22. The Morgan fingerprint density at radius 3 is 2.67 bits per heavy atom. The maximum atomic E-state index is 11.7. The number of carbonyl (C=O) groups excluding carboxylic acids is 1. The molecule has 3 rings (SSSR count). The number of anilines is 1. The zero-order chi connectivity index (χ0) is 21.3. The van der Waals surface area contributed by atoms with E-state index in [-0.39, 0.29) is 5.97 Å². The van der Waals surface area contributed by atoms with Crippen LogP contribution in [-0.2, 0) is 22.5 Å². The Hall–Kier alpha value is -2.15. The summed E-state index contributed by atoms with van der Waals surface area (Å²) in [6.07, 6.45) is 2.13. The maximum Gasteiger partial charge on any atom is 0.310 e. The highest BCUT2D eigenvalue weighted by molar-refractivity contribution is 7.15. The summed E-state index contributed by atoms with van der Waals surface area (Å²) in [5.74, 6) is -0.175. The molecule has 1 fully saturated rings. The first-order chi connectivity index (χ1) is 14.5. The summed E-state index contributed by atoms with van der Waals surface area (Å²) < 4.78 is 5.06.